The van der Waals surface area contributed by atoms with Crippen LogP contribution in [0.15, 0.2) is 22.7 Å². The van der Waals surface area contributed by atoms with Gasteiger partial charge in [-0.15, -0.1) is 0 Å². The molecule has 1 rings (SSSR count). The van der Waals surface area contributed by atoms with Gasteiger partial charge in [-0.3, -0.25) is 0 Å². The van der Waals surface area contributed by atoms with E-state index in [2.05, 4.69) is 21.2 Å². The number of aliphatic hydroxyl groups excluding tert-OH is 2. The lowest BCUT2D eigenvalue weighted by atomic mass is 9.95. The summed E-state index contributed by atoms with van der Waals surface area (Å²) in [6.45, 7) is 3.29. The SMILES string of the molecule is CCC(CO)(CO)NC(C)c1ccc(Br)cc1F. The Morgan fingerprint density at radius 2 is 2.00 bits per heavy atom. The zero-order chi connectivity index (χ0) is 13.8. The molecule has 5 heteroatoms. The smallest absolute Gasteiger partial charge is 0.129 e. The number of hydrogen-bond donors (Lipinski definition) is 3. The summed E-state index contributed by atoms with van der Waals surface area (Å²) >= 11 is 3.21. The van der Waals surface area contributed by atoms with Crippen LogP contribution in [0.2, 0.25) is 0 Å². The summed E-state index contributed by atoms with van der Waals surface area (Å²) in [5.74, 6) is -0.315. The van der Waals surface area contributed by atoms with Gasteiger partial charge < -0.3 is 15.5 Å². The molecular weight excluding hydrogens is 301 g/mol. The second-order valence-corrected chi connectivity index (χ2v) is 5.40. The molecule has 18 heavy (non-hydrogen) atoms. The van der Waals surface area contributed by atoms with Crippen LogP contribution in [0.25, 0.3) is 0 Å². The highest BCUT2D eigenvalue weighted by atomic mass is 79.9. The van der Waals surface area contributed by atoms with Crippen molar-refractivity contribution in [1.82, 2.24) is 5.32 Å². The van der Waals surface area contributed by atoms with E-state index in [1.54, 1.807) is 12.1 Å². The van der Waals surface area contributed by atoms with Crippen LogP contribution in [0, 0.1) is 5.82 Å². The van der Waals surface area contributed by atoms with E-state index >= 15 is 0 Å². The molecule has 1 aromatic carbocycles. The normalized spacial score (nSPS) is 13.7. The molecule has 0 radical (unpaired) electrons. The molecule has 0 saturated heterocycles. The van der Waals surface area contributed by atoms with Gasteiger partial charge in [0.2, 0.25) is 0 Å². The van der Waals surface area contributed by atoms with E-state index in [-0.39, 0.29) is 25.1 Å². The Kier molecular flexibility index (Phi) is 5.72. The second kappa shape index (κ2) is 6.61. The summed E-state index contributed by atoms with van der Waals surface area (Å²) in [5, 5.41) is 21.8. The van der Waals surface area contributed by atoms with Crippen molar-refractivity contribution in [2.45, 2.75) is 31.8 Å². The van der Waals surface area contributed by atoms with Crippen LogP contribution in [0.4, 0.5) is 4.39 Å². The average molecular weight is 320 g/mol. The third-order valence-corrected chi connectivity index (χ3v) is 3.73. The Morgan fingerprint density at radius 1 is 1.39 bits per heavy atom. The van der Waals surface area contributed by atoms with Crippen molar-refractivity contribution in [2.24, 2.45) is 0 Å². The van der Waals surface area contributed by atoms with Gasteiger partial charge in [0.05, 0.1) is 18.8 Å². The third kappa shape index (κ3) is 3.51. The molecule has 3 nitrogen and oxygen atoms in total. The molecule has 0 amide bonds. The molecule has 0 aliphatic heterocycles. The number of aliphatic hydroxyl groups is 2. The topological polar surface area (TPSA) is 52.5 Å². The van der Waals surface area contributed by atoms with Gasteiger partial charge in [-0.2, -0.15) is 0 Å². The Balaban J connectivity index is 2.90. The molecule has 1 atom stereocenters. The van der Waals surface area contributed by atoms with Crippen molar-refractivity contribution in [1.29, 1.82) is 0 Å². The maximum atomic E-state index is 13.8. The minimum Gasteiger partial charge on any atom is -0.394 e. The molecule has 102 valence electrons. The van der Waals surface area contributed by atoms with Gasteiger partial charge in [-0.1, -0.05) is 28.9 Å². The predicted octanol–water partition coefficient (Wildman–Crippen LogP) is 2.37. The van der Waals surface area contributed by atoms with Crippen molar-refractivity contribution < 1.29 is 14.6 Å². The quantitative estimate of drug-likeness (QED) is 0.754. The van der Waals surface area contributed by atoms with E-state index in [0.29, 0.717) is 16.5 Å². The fraction of sp³-hybridized carbons (Fsp3) is 0.538. The lowest BCUT2D eigenvalue weighted by Crippen LogP contribution is -2.52. The lowest BCUT2D eigenvalue weighted by molar-refractivity contribution is 0.0789. The first-order valence-electron chi connectivity index (χ1n) is 5.92. The molecule has 0 aliphatic carbocycles. The first kappa shape index (κ1) is 15.6. The summed E-state index contributed by atoms with van der Waals surface area (Å²) in [4.78, 5) is 0. The van der Waals surface area contributed by atoms with Gasteiger partial charge in [0.1, 0.15) is 5.82 Å². The van der Waals surface area contributed by atoms with Gasteiger partial charge in [0.25, 0.3) is 0 Å². The monoisotopic (exact) mass is 319 g/mol. The fourth-order valence-corrected chi connectivity index (χ4v) is 2.19. The Morgan fingerprint density at radius 3 is 2.44 bits per heavy atom. The zero-order valence-electron chi connectivity index (χ0n) is 10.6. The molecular formula is C13H19BrFNO2. The minimum absolute atomic E-state index is 0.192. The molecule has 0 aromatic heterocycles. The van der Waals surface area contributed by atoms with Crippen LogP contribution < -0.4 is 5.32 Å². The highest BCUT2D eigenvalue weighted by molar-refractivity contribution is 9.10. The largest absolute Gasteiger partial charge is 0.394 e. The summed E-state index contributed by atoms with van der Waals surface area (Å²) in [7, 11) is 0. The fourth-order valence-electron chi connectivity index (χ4n) is 1.86. The molecule has 0 spiro atoms. The van der Waals surface area contributed by atoms with E-state index in [4.69, 9.17) is 0 Å². The minimum atomic E-state index is -0.779. The van der Waals surface area contributed by atoms with E-state index in [1.165, 1.54) is 6.07 Å². The van der Waals surface area contributed by atoms with E-state index < -0.39 is 5.54 Å². The van der Waals surface area contributed by atoms with Gasteiger partial charge in [-0.05, 0) is 25.5 Å². The number of rotatable bonds is 6. The molecule has 3 N–H and O–H groups in total. The van der Waals surface area contributed by atoms with Crippen LogP contribution in [-0.4, -0.2) is 29.0 Å². The standard InChI is InChI=1S/C13H19BrFNO2/c1-3-13(7-17,8-18)16-9(2)11-5-4-10(14)6-12(11)15/h4-6,9,16-18H,3,7-8H2,1-2H3. The molecule has 0 saturated carbocycles. The third-order valence-electron chi connectivity index (χ3n) is 3.23. The highest BCUT2D eigenvalue weighted by Gasteiger charge is 2.29. The number of halogens is 2. The first-order chi connectivity index (χ1) is 8.48. The van der Waals surface area contributed by atoms with E-state index in [1.807, 2.05) is 13.8 Å². The molecule has 0 bridgehead atoms. The second-order valence-electron chi connectivity index (χ2n) is 4.48. The molecule has 0 aliphatic rings. The Bertz CT molecular complexity index is 388. The highest BCUT2D eigenvalue weighted by Crippen LogP contribution is 2.23. The average Bonchev–Trinajstić information content (AvgIpc) is 2.36. The van der Waals surface area contributed by atoms with Crippen molar-refractivity contribution >= 4 is 15.9 Å². The predicted molar refractivity (Wildman–Crippen MR) is 72.8 cm³/mol. The van der Waals surface area contributed by atoms with Crippen molar-refractivity contribution in [3.63, 3.8) is 0 Å². The van der Waals surface area contributed by atoms with Crippen LogP contribution in [-0.2, 0) is 0 Å². The molecule has 0 fully saturated rings. The van der Waals surface area contributed by atoms with Crippen LogP contribution in [0.5, 0.6) is 0 Å². The Hall–Kier alpha value is -0.490. The summed E-state index contributed by atoms with van der Waals surface area (Å²) in [6.07, 6.45) is 0.558. The maximum Gasteiger partial charge on any atom is 0.129 e. The van der Waals surface area contributed by atoms with Gasteiger partial charge in [0.15, 0.2) is 0 Å². The van der Waals surface area contributed by atoms with E-state index in [0.717, 1.165) is 0 Å². The van der Waals surface area contributed by atoms with Gasteiger partial charge >= 0.3 is 0 Å². The Labute approximate surface area is 115 Å². The van der Waals surface area contributed by atoms with Crippen molar-refractivity contribution in [3.05, 3.63) is 34.1 Å². The number of benzene rings is 1. The van der Waals surface area contributed by atoms with Crippen LogP contribution >= 0.6 is 15.9 Å². The molecule has 0 heterocycles. The number of nitrogens with one attached hydrogen (secondary N) is 1. The van der Waals surface area contributed by atoms with Gasteiger partial charge in [-0.25, -0.2) is 4.39 Å². The lowest BCUT2D eigenvalue weighted by Gasteiger charge is -2.33. The van der Waals surface area contributed by atoms with Gasteiger partial charge in [0, 0.05) is 16.1 Å². The van der Waals surface area contributed by atoms with Crippen LogP contribution in [0.3, 0.4) is 0 Å². The zero-order valence-corrected chi connectivity index (χ0v) is 12.2. The molecule has 1 unspecified atom stereocenters. The van der Waals surface area contributed by atoms with Crippen molar-refractivity contribution in [2.75, 3.05) is 13.2 Å². The summed E-state index contributed by atoms with van der Waals surface area (Å²) in [6, 6.07) is 4.56. The maximum absolute atomic E-state index is 13.8. The molecule has 1 aromatic rings. The van der Waals surface area contributed by atoms with E-state index in [9.17, 15) is 14.6 Å². The van der Waals surface area contributed by atoms with Crippen LogP contribution in [0.1, 0.15) is 31.9 Å². The number of hydrogen-bond acceptors (Lipinski definition) is 3. The van der Waals surface area contributed by atoms with Crippen molar-refractivity contribution in [3.8, 4) is 0 Å². The summed E-state index contributed by atoms with van der Waals surface area (Å²) in [5.41, 5.74) is -0.267. The summed E-state index contributed by atoms with van der Waals surface area (Å²) < 4.78 is 14.5. The first-order valence-corrected chi connectivity index (χ1v) is 6.71.